The van der Waals surface area contributed by atoms with Gasteiger partial charge in [-0.15, -0.1) is 0 Å². The highest BCUT2D eigenvalue weighted by atomic mass is 16.2. The fourth-order valence-electron chi connectivity index (χ4n) is 4.58. The van der Waals surface area contributed by atoms with E-state index in [1.54, 1.807) is 11.1 Å². The maximum absolute atomic E-state index is 13.1. The van der Waals surface area contributed by atoms with Gasteiger partial charge in [-0.2, -0.15) is 0 Å². The Morgan fingerprint density at radius 1 is 1.30 bits per heavy atom. The molecular formula is C21H26N4O2. The summed E-state index contributed by atoms with van der Waals surface area (Å²) in [7, 11) is 1.84. The van der Waals surface area contributed by atoms with Gasteiger partial charge in [-0.05, 0) is 37.8 Å². The monoisotopic (exact) mass is 366 g/mol. The van der Waals surface area contributed by atoms with E-state index in [0.717, 1.165) is 49.4 Å². The van der Waals surface area contributed by atoms with Crippen molar-refractivity contribution in [2.75, 3.05) is 25.0 Å². The summed E-state index contributed by atoms with van der Waals surface area (Å²) in [6, 6.07) is 8.00. The number of rotatable bonds is 4. The normalized spacial score (nSPS) is 21.8. The summed E-state index contributed by atoms with van der Waals surface area (Å²) in [5.41, 5.74) is 1.48. The molecule has 2 amide bonds. The van der Waals surface area contributed by atoms with E-state index in [-0.39, 0.29) is 11.8 Å². The van der Waals surface area contributed by atoms with E-state index < -0.39 is 5.41 Å². The number of hydrogen-bond acceptors (Lipinski definition) is 3. The van der Waals surface area contributed by atoms with Crippen molar-refractivity contribution in [1.82, 2.24) is 14.5 Å². The van der Waals surface area contributed by atoms with Gasteiger partial charge in [0.1, 0.15) is 5.82 Å². The topological polar surface area (TPSA) is 58.4 Å². The van der Waals surface area contributed by atoms with Gasteiger partial charge >= 0.3 is 0 Å². The van der Waals surface area contributed by atoms with Crippen molar-refractivity contribution in [3.63, 3.8) is 0 Å². The van der Waals surface area contributed by atoms with Crippen LogP contribution < -0.4 is 4.90 Å². The van der Waals surface area contributed by atoms with Crippen LogP contribution in [0.25, 0.3) is 0 Å². The van der Waals surface area contributed by atoms with E-state index in [1.807, 2.05) is 49.3 Å². The maximum atomic E-state index is 13.1. The highest BCUT2D eigenvalue weighted by Crippen LogP contribution is 2.46. The smallest absolute Gasteiger partial charge is 0.239 e. The van der Waals surface area contributed by atoms with Crippen LogP contribution in [0.5, 0.6) is 0 Å². The van der Waals surface area contributed by atoms with Crippen molar-refractivity contribution in [2.24, 2.45) is 0 Å². The van der Waals surface area contributed by atoms with Crippen molar-refractivity contribution >= 4 is 17.5 Å². The number of likely N-dealkylation sites (N-methyl/N-ethyl adjacent to an activating group) is 1. The zero-order chi connectivity index (χ0) is 19.0. The van der Waals surface area contributed by atoms with Crippen LogP contribution in [0, 0.1) is 6.92 Å². The van der Waals surface area contributed by atoms with Gasteiger partial charge in [-0.25, -0.2) is 4.98 Å². The number of carbonyl (C=O) groups is 2. The third kappa shape index (κ3) is 2.93. The number of hydrogen-bond donors (Lipinski definition) is 0. The Balaban J connectivity index is 1.46. The SMILES string of the molecule is Cc1nccn1CCCC(=O)N1CCCC2(C1)C(=O)N(C)c1ccccc12. The number of amides is 2. The predicted molar refractivity (Wildman–Crippen MR) is 104 cm³/mol. The molecule has 2 aliphatic heterocycles. The van der Waals surface area contributed by atoms with Gasteiger partial charge in [0.05, 0.1) is 5.41 Å². The molecule has 0 aliphatic carbocycles. The number of imidazole rings is 1. The molecule has 4 rings (SSSR count). The first-order chi connectivity index (χ1) is 13.0. The van der Waals surface area contributed by atoms with E-state index in [1.165, 1.54) is 0 Å². The minimum atomic E-state index is -0.569. The Morgan fingerprint density at radius 2 is 2.11 bits per heavy atom. The molecule has 0 bridgehead atoms. The molecule has 1 aromatic carbocycles. The molecule has 1 fully saturated rings. The first-order valence-corrected chi connectivity index (χ1v) is 9.66. The third-order valence-electron chi connectivity index (χ3n) is 6.05. The largest absolute Gasteiger partial charge is 0.341 e. The Bertz CT molecular complexity index is 875. The van der Waals surface area contributed by atoms with Gasteiger partial charge < -0.3 is 14.4 Å². The first kappa shape index (κ1) is 17.8. The van der Waals surface area contributed by atoms with Crippen LogP contribution in [-0.4, -0.2) is 46.4 Å². The fraction of sp³-hybridized carbons (Fsp3) is 0.476. The van der Waals surface area contributed by atoms with Crippen LogP contribution in [0.2, 0.25) is 0 Å². The number of para-hydroxylation sites is 1. The fourth-order valence-corrected chi connectivity index (χ4v) is 4.58. The number of anilines is 1. The van der Waals surface area contributed by atoms with E-state index in [0.29, 0.717) is 13.0 Å². The van der Waals surface area contributed by atoms with Crippen molar-refractivity contribution in [2.45, 2.75) is 44.6 Å². The lowest BCUT2D eigenvalue weighted by atomic mass is 9.75. The van der Waals surface area contributed by atoms with E-state index in [4.69, 9.17) is 0 Å². The highest BCUT2D eigenvalue weighted by molar-refractivity contribution is 6.08. The van der Waals surface area contributed by atoms with Crippen LogP contribution >= 0.6 is 0 Å². The van der Waals surface area contributed by atoms with Crippen LogP contribution in [0.3, 0.4) is 0 Å². The average Bonchev–Trinajstić information content (AvgIpc) is 3.18. The maximum Gasteiger partial charge on any atom is 0.239 e. The molecule has 6 heteroatoms. The summed E-state index contributed by atoms with van der Waals surface area (Å²) in [4.78, 5) is 33.8. The Morgan fingerprint density at radius 3 is 2.89 bits per heavy atom. The van der Waals surface area contributed by atoms with Crippen LogP contribution in [0.4, 0.5) is 5.69 Å². The Hall–Kier alpha value is -2.63. The van der Waals surface area contributed by atoms with Crippen LogP contribution in [-0.2, 0) is 21.5 Å². The highest BCUT2D eigenvalue weighted by Gasteiger charge is 2.52. The molecule has 1 spiro atoms. The summed E-state index contributed by atoms with van der Waals surface area (Å²) < 4.78 is 2.07. The second-order valence-electron chi connectivity index (χ2n) is 7.65. The summed E-state index contributed by atoms with van der Waals surface area (Å²) in [6.07, 6.45) is 6.68. The Kier molecular flexibility index (Phi) is 4.50. The summed E-state index contributed by atoms with van der Waals surface area (Å²) >= 11 is 0. The number of likely N-dealkylation sites (tertiary alicyclic amines) is 1. The zero-order valence-corrected chi connectivity index (χ0v) is 16.0. The molecule has 0 radical (unpaired) electrons. The number of nitrogens with zero attached hydrogens (tertiary/aromatic N) is 4. The standard InChI is InChI=1S/C21H26N4O2/c1-16-22-11-14-24(16)12-5-9-19(26)25-13-6-10-21(15-25)17-7-3-4-8-18(17)23(2)20(21)27/h3-4,7-8,11,14H,5-6,9-10,12-13,15H2,1-2H3. The lowest BCUT2D eigenvalue weighted by Crippen LogP contribution is -2.53. The summed E-state index contributed by atoms with van der Waals surface area (Å²) in [5.74, 6) is 1.23. The molecule has 6 nitrogen and oxygen atoms in total. The summed E-state index contributed by atoms with van der Waals surface area (Å²) in [5, 5.41) is 0. The number of carbonyl (C=O) groups excluding carboxylic acids is 2. The van der Waals surface area contributed by atoms with Crippen molar-refractivity contribution in [3.8, 4) is 0 Å². The van der Waals surface area contributed by atoms with Gasteiger partial charge in [0.2, 0.25) is 11.8 Å². The van der Waals surface area contributed by atoms with Crippen LogP contribution in [0.1, 0.15) is 37.1 Å². The molecule has 142 valence electrons. The van der Waals surface area contributed by atoms with E-state index in [9.17, 15) is 9.59 Å². The lowest BCUT2D eigenvalue weighted by molar-refractivity contribution is -0.136. The first-order valence-electron chi connectivity index (χ1n) is 9.66. The van der Waals surface area contributed by atoms with Gasteiger partial charge in [0.15, 0.2) is 0 Å². The summed E-state index contributed by atoms with van der Waals surface area (Å²) in [6.45, 7) is 4.00. The third-order valence-corrected chi connectivity index (χ3v) is 6.05. The number of benzene rings is 1. The number of fused-ring (bicyclic) bond motifs is 2. The molecule has 1 unspecified atom stereocenters. The number of aromatic nitrogens is 2. The second-order valence-corrected chi connectivity index (χ2v) is 7.65. The minimum Gasteiger partial charge on any atom is -0.341 e. The minimum absolute atomic E-state index is 0.121. The van der Waals surface area contributed by atoms with Gasteiger partial charge in [-0.3, -0.25) is 9.59 Å². The second kappa shape index (κ2) is 6.83. The molecule has 1 aromatic heterocycles. The quantitative estimate of drug-likeness (QED) is 0.835. The van der Waals surface area contributed by atoms with Gasteiger partial charge in [0.25, 0.3) is 0 Å². The molecule has 3 heterocycles. The molecule has 0 saturated carbocycles. The molecule has 2 aromatic rings. The molecule has 27 heavy (non-hydrogen) atoms. The predicted octanol–water partition coefficient (Wildman–Crippen LogP) is 2.51. The molecule has 1 saturated heterocycles. The number of piperidine rings is 1. The van der Waals surface area contributed by atoms with Gasteiger partial charge in [0, 0.05) is 51.2 Å². The van der Waals surface area contributed by atoms with Crippen LogP contribution in [0.15, 0.2) is 36.7 Å². The molecule has 1 atom stereocenters. The molecule has 2 aliphatic rings. The van der Waals surface area contributed by atoms with E-state index in [2.05, 4.69) is 9.55 Å². The molecular weight excluding hydrogens is 340 g/mol. The van der Waals surface area contributed by atoms with Crippen molar-refractivity contribution < 1.29 is 9.59 Å². The van der Waals surface area contributed by atoms with Gasteiger partial charge in [-0.1, -0.05) is 18.2 Å². The Labute approximate surface area is 159 Å². The average molecular weight is 366 g/mol. The number of aryl methyl sites for hydroxylation is 2. The zero-order valence-electron chi connectivity index (χ0n) is 16.0. The van der Waals surface area contributed by atoms with Crippen molar-refractivity contribution in [1.29, 1.82) is 0 Å². The van der Waals surface area contributed by atoms with E-state index >= 15 is 0 Å². The lowest BCUT2D eigenvalue weighted by Gasteiger charge is -2.39. The van der Waals surface area contributed by atoms with Crippen molar-refractivity contribution in [3.05, 3.63) is 48.0 Å². The molecule has 0 N–H and O–H groups in total.